The van der Waals surface area contributed by atoms with Crippen LogP contribution in [-0.4, -0.2) is 24.9 Å². The van der Waals surface area contributed by atoms with Gasteiger partial charge in [0.25, 0.3) is 0 Å². The van der Waals surface area contributed by atoms with Gasteiger partial charge in [-0.05, 0) is 11.1 Å². The van der Waals surface area contributed by atoms with Crippen LogP contribution in [0.5, 0.6) is 0 Å². The van der Waals surface area contributed by atoms with Crippen LogP contribution in [0.2, 0.25) is 0 Å². The van der Waals surface area contributed by atoms with E-state index in [1.165, 1.54) is 10.5 Å². The lowest BCUT2D eigenvalue weighted by Gasteiger charge is -2.18. The fourth-order valence-corrected chi connectivity index (χ4v) is 3.22. The Kier molecular flexibility index (Phi) is 4.37. The summed E-state index contributed by atoms with van der Waals surface area (Å²) >= 11 is 7.79. The summed E-state index contributed by atoms with van der Waals surface area (Å²) in [5.74, 6) is 1.50. The van der Waals surface area contributed by atoms with Crippen molar-refractivity contribution in [1.82, 2.24) is 4.90 Å². The van der Waals surface area contributed by atoms with Gasteiger partial charge in [0.15, 0.2) is 0 Å². The Balaban J connectivity index is 2.32. The molecule has 0 fully saturated rings. The van der Waals surface area contributed by atoms with Crippen LogP contribution < -0.4 is 0 Å². The largest absolute Gasteiger partial charge is 0.371 e. The first-order valence-corrected chi connectivity index (χ1v) is 6.99. The third-order valence-corrected chi connectivity index (χ3v) is 4.24. The summed E-state index contributed by atoms with van der Waals surface area (Å²) in [7, 11) is 3.82. The first-order chi connectivity index (χ1) is 8.26. The van der Waals surface area contributed by atoms with E-state index in [2.05, 4.69) is 30.3 Å². The minimum Gasteiger partial charge on any atom is -0.371 e. The van der Waals surface area contributed by atoms with Gasteiger partial charge in [-0.3, -0.25) is 0 Å². The topological polar surface area (TPSA) is 12.5 Å². The molecule has 0 saturated heterocycles. The minimum absolute atomic E-state index is 0.0000926. The highest BCUT2D eigenvalue weighted by Gasteiger charge is 2.23. The van der Waals surface area contributed by atoms with E-state index in [0.29, 0.717) is 5.88 Å². The average Bonchev–Trinajstić information content (AvgIpc) is 2.77. The predicted octanol–water partition coefficient (Wildman–Crippen LogP) is 3.59. The maximum atomic E-state index is 5.98. The summed E-state index contributed by atoms with van der Waals surface area (Å²) in [6, 6.07) is 8.18. The second-order valence-corrected chi connectivity index (χ2v) is 5.30. The van der Waals surface area contributed by atoms with E-state index >= 15 is 0 Å². The molecule has 1 unspecified atom stereocenters. The van der Waals surface area contributed by atoms with Crippen molar-refractivity contribution in [2.24, 2.45) is 0 Å². The molecule has 0 aromatic heterocycles. The van der Waals surface area contributed by atoms with Crippen molar-refractivity contribution in [3.8, 4) is 0 Å². The Bertz CT molecular complexity index is 422. The van der Waals surface area contributed by atoms with E-state index in [1.807, 2.05) is 23.9 Å². The molecule has 1 aromatic rings. The number of rotatable bonds is 4. The average molecular weight is 270 g/mol. The Morgan fingerprint density at radius 3 is 2.82 bits per heavy atom. The molecule has 17 heavy (non-hydrogen) atoms. The molecule has 0 saturated carbocycles. The quantitative estimate of drug-likeness (QED) is 0.775. The smallest absolute Gasteiger partial charge is 0.115 e. The molecule has 1 aliphatic heterocycles. The molecule has 0 bridgehead atoms. The summed E-state index contributed by atoms with van der Waals surface area (Å²) in [4.78, 5) is 3.41. The van der Waals surface area contributed by atoms with E-state index in [-0.39, 0.29) is 6.10 Å². The zero-order valence-corrected chi connectivity index (χ0v) is 11.6. The summed E-state index contributed by atoms with van der Waals surface area (Å²) in [6.07, 6.45) is 2.14. The monoisotopic (exact) mass is 269 g/mol. The highest BCUT2D eigenvalue weighted by molar-refractivity contribution is 8.03. The minimum atomic E-state index is -0.0000926. The number of alkyl halides is 1. The standard InChI is InChI=1S/C13H16ClNOS/c1-15-8-12(17-9-15)13(16-2)11-6-4-3-5-10(11)7-14/h3-6,8,13H,7,9H2,1-2H3. The lowest BCUT2D eigenvalue weighted by atomic mass is 10.0. The highest BCUT2D eigenvalue weighted by atomic mass is 35.5. The van der Waals surface area contributed by atoms with Crippen molar-refractivity contribution in [2.75, 3.05) is 20.0 Å². The van der Waals surface area contributed by atoms with Gasteiger partial charge < -0.3 is 9.64 Å². The van der Waals surface area contributed by atoms with Crippen molar-refractivity contribution >= 4 is 23.4 Å². The van der Waals surface area contributed by atoms with Gasteiger partial charge in [-0.1, -0.05) is 24.3 Å². The third kappa shape index (κ3) is 2.79. The molecule has 4 heteroatoms. The number of thioether (sulfide) groups is 1. The molecule has 0 spiro atoms. The Hall–Kier alpha value is -0.640. The zero-order valence-electron chi connectivity index (χ0n) is 10.0. The first kappa shape index (κ1) is 12.8. The normalized spacial score (nSPS) is 17.1. The van der Waals surface area contributed by atoms with Crippen molar-refractivity contribution in [3.05, 3.63) is 46.5 Å². The van der Waals surface area contributed by atoms with E-state index in [1.54, 1.807) is 7.11 Å². The van der Waals surface area contributed by atoms with E-state index in [4.69, 9.17) is 16.3 Å². The van der Waals surface area contributed by atoms with Gasteiger partial charge in [-0.2, -0.15) is 0 Å². The van der Waals surface area contributed by atoms with Gasteiger partial charge in [0.05, 0.1) is 5.88 Å². The van der Waals surface area contributed by atoms with E-state index in [9.17, 15) is 0 Å². The van der Waals surface area contributed by atoms with Crippen molar-refractivity contribution in [1.29, 1.82) is 0 Å². The molecule has 1 atom stereocenters. The number of ether oxygens (including phenoxy) is 1. The SMILES string of the molecule is COC(C1=CN(C)CS1)c1ccccc1CCl. The molecular formula is C13H16ClNOS. The fourth-order valence-electron chi connectivity index (χ4n) is 1.92. The summed E-state index contributed by atoms with van der Waals surface area (Å²) in [5, 5.41) is 0. The molecular weight excluding hydrogens is 254 g/mol. The molecule has 2 rings (SSSR count). The number of nitrogens with zero attached hydrogens (tertiary/aromatic N) is 1. The Labute approximate surface area is 112 Å². The summed E-state index contributed by atoms with van der Waals surface area (Å²) in [5.41, 5.74) is 2.30. The van der Waals surface area contributed by atoms with Gasteiger partial charge in [-0.15, -0.1) is 23.4 Å². The molecule has 1 heterocycles. The zero-order chi connectivity index (χ0) is 12.3. The third-order valence-electron chi connectivity index (χ3n) is 2.76. The van der Waals surface area contributed by atoms with Gasteiger partial charge in [0, 0.05) is 31.1 Å². The molecule has 0 radical (unpaired) electrons. The molecule has 0 aliphatic carbocycles. The van der Waals surface area contributed by atoms with Crippen molar-refractivity contribution in [2.45, 2.75) is 12.0 Å². The Morgan fingerprint density at radius 1 is 1.47 bits per heavy atom. The molecule has 1 aromatic carbocycles. The van der Waals surface area contributed by atoms with Crippen LogP contribution in [0.25, 0.3) is 0 Å². The van der Waals surface area contributed by atoms with E-state index in [0.717, 1.165) is 11.4 Å². The van der Waals surface area contributed by atoms with Crippen molar-refractivity contribution < 1.29 is 4.74 Å². The number of hydrogen-bond acceptors (Lipinski definition) is 3. The van der Waals surface area contributed by atoms with Crippen LogP contribution in [0.4, 0.5) is 0 Å². The maximum Gasteiger partial charge on any atom is 0.115 e. The van der Waals surface area contributed by atoms with E-state index < -0.39 is 0 Å². The Morgan fingerprint density at radius 2 is 2.24 bits per heavy atom. The molecule has 92 valence electrons. The lowest BCUT2D eigenvalue weighted by Crippen LogP contribution is -2.05. The van der Waals surface area contributed by atoms with Crippen LogP contribution in [0.1, 0.15) is 17.2 Å². The van der Waals surface area contributed by atoms with Crippen LogP contribution in [0, 0.1) is 0 Å². The summed E-state index contributed by atoms with van der Waals surface area (Å²) < 4.78 is 5.64. The first-order valence-electron chi connectivity index (χ1n) is 5.47. The number of methoxy groups -OCH3 is 1. The number of halogens is 1. The van der Waals surface area contributed by atoms with Crippen LogP contribution in [0.3, 0.4) is 0 Å². The fraction of sp³-hybridized carbons (Fsp3) is 0.385. The van der Waals surface area contributed by atoms with Crippen LogP contribution in [0.15, 0.2) is 35.4 Å². The second kappa shape index (κ2) is 5.80. The van der Waals surface area contributed by atoms with Gasteiger partial charge in [0.2, 0.25) is 0 Å². The van der Waals surface area contributed by atoms with Crippen molar-refractivity contribution in [3.63, 3.8) is 0 Å². The molecule has 0 amide bonds. The number of benzene rings is 1. The van der Waals surface area contributed by atoms with Crippen LogP contribution in [-0.2, 0) is 10.6 Å². The molecule has 0 N–H and O–H groups in total. The second-order valence-electron chi connectivity index (χ2n) is 4.01. The van der Waals surface area contributed by atoms with Crippen LogP contribution >= 0.6 is 23.4 Å². The number of hydrogen-bond donors (Lipinski definition) is 0. The maximum absolute atomic E-state index is 5.98. The highest BCUT2D eigenvalue weighted by Crippen LogP contribution is 2.38. The molecule has 1 aliphatic rings. The predicted molar refractivity (Wildman–Crippen MR) is 74.1 cm³/mol. The molecule has 2 nitrogen and oxygen atoms in total. The van der Waals surface area contributed by atoms with Gasteiger partial charge >= 0.3 is 0 Å². The van der Waals surface area contributed by atoms with Gasteiger partial charge in [-0.25, -0.2) is 0 Å². The van der Waals surface area contributed by atoms with Gasteiger partial charge in [0.1, 0.15) is 6.10 Å². The summed E-state index contributed by atoms with van der Waals surface area (Å²) in [6.45, 7) is 0. The lowest BCUT2D eigenvalue weighted by molar-refractivity contribution is 0.138.